The van der Waals surface area contributed by atoms with E-state index in [0.29, 0.717) is 6.04 Å². The van der Waals surface area contributed by atoms with Crippen LogP contribution in [-0.4, -0.2) is 17.8 Å². The van der Waals surface area contributed by atoms with Crippen LogP contribution in [0.1, 0.15) is 25.7 Å². The van der Waals surface area contributed by atoms with Crippen molar-refractivity contribution < 1.29 is 4.79 Å². The second-order valence-electron chi connectivity index (χ2n) is 2.68. The molecule has 0 saturated heterocycles. The Hall–Kier alpha value is -0.240. The molecule has 1 aliphatic rings. The Morgan fingerprint density at radius 1 is 1.50 bits per heavy atom. The van der Waals surface area contributed by atoms with E-state index in [-0.39, 0.29) is 11.8 Å². The van der Waals surface area contributed by atoms with Gasteiger partial charge in [-0.2, -0.15) is 0 Å². The van der Waals surface area contributed by atoms with Gasteiger partial charge in [-0.3, -0.25) is 4.79 Å². The lowest BCUT2D eigenvalue weighted by Gasteiger charge is -2.09. The van der Waals surface area contributed by atoms with Crippen molar-refractivity contribution in [1.29, 1.82) is 0 Å². The van der Waals surface area contributed by atoms with E-state index in [9.17, 15) is 4.79 Å². The summed E-state index contributed by atoms with van der Waals surface area (Å²) in [4.78, 5) is 10.7. The summed E-state index contributed by atoms with van der Waals surface area (Å²) in [6.07, 6.45) is 4.74. The molecule has 1 amide bonds. The fraction of sp³-hybridized carbons (Fsp3) is 0.857. The number of carbonyl (C=O) groups excluding carboxylic acids is 1. The number of hydrogen-bond acceptors (Lipinski definition) is 1. The highest BCUT2D eigenvalue weighted by molar-refractivity contribution is 6.27. The lowest BCUT2D eigenvalue weighted by atomic mass is 10.2. The van der Waals surface area contributed by atoms with E-state index < -0.39 is 0 Å². The Morgan fingerprint density at radius 3 is 2.60 bits per heavy atom. The monoisotopic (exact) mass is 161 g/mol. The van der Waals surface area contributed by atoms with Crippen molar-refractivity contribution in [3.8, 4) is 0 Å². The summed E-state index contributed by atoms with van der Waals surface area (Å²) in [5, 5.41) is 2.86. The minimum Gasteiger partial charge on any atom is -0.352 e. The van der Waals surface area contributed by atoms with Crippen molar-refractivity contribution in [3.05, 3.63) is 0 Å². The number of halogens is 1. The van der Waals surface area contributed by atoms with Gasteiger partial charge in [0.05, 0.1) is 0 Å². The molecule has 1 saturated carbocycles. The van der Waals surface area contributed by atoms with E-state index >= 15 is 0 Å². The van der Waals surface area contributed by atoms with Crippen molar-refractivity contribution in [2.24, 2.45) is 0 Å². The molecule has 0 radical (unpaired) electrons. The summed E-state index contributed by atoms with van der Waals surface area (Å²) in [6.45, 7) is 0. The maximum absolute atomic E-state index is 10.7. The van der Waals surface area contributed by atoms with Crippen LogP contribution in [0.5, 0.6) is 0 Å². The van der Waals surface area contributed by atoms with Crippen LogP contribution in [0.2, 0.25) is 0 Å². The van der Waals surface area contributed by atoms with Gasteiger partial charge >= 0.3 is 0 Å². The van der Waals surface area contributed by atoms with Gasteiger partial charge in [-0.25, -0.2) is 0 Å². The molecule has 0 aromatic carbocycles. The minimum atomic E-state index is -0.0337. The van der Waals surface area contributed by atoms with Gasteiger partial charge in [0.2, 0.25) is 5.91 Å². The first kappa shape index (κ1) is 7.86. The highest BCUT2D eigenvalue weighted by atomic mass is 35.5. The molecule has 0 atom stereocenters. The fourth-order valence-electron chi connectivity index (χ4n) is 1.34. The van der Waals surface area contributed by atoms with Gasteiger partial charge in [-0.1, -0.05) is 12.8 Å². The molecule has 0 spiro atoms. The van der Waals surface area contributed by atoms with Gasteiger partial charge in [0, 0.05) is 6.04 Å². The molecule has 0 aromatic rings. The average molecular weight is 162 g/mol. The second kappa shape index (κ2) is 3.81. The third kappa shape index (κ3) is 2.18. The Bertz CT molecular complexity index is 121. The summed E-state index contributed by atoms with van der Waals surface area (Å²) < 4.78 is 0. The molecular formula is C7H12ClNO. The third-order valence-electron chi connectivity index (χ3n) is 1.84. The molecule has 3 heteroatoms. The highest BCUT2D eigenvalue weighted by Gasteiger charge is 2.15. The number of rotatable bonds is 2. The molecule has 0 heterocycles. The molecule has 58 valence electrons. The largest absolute Gasteiger partial charge is 0.352 e. The summed E-state index contributed by atoms with van der Waals surface area (Å²) in [7, 11) is 0. The van der Waals surface area contributed by atoms with E-state index in [0.717, 1.165) is 12.8 Å². The molecule has 0 bridgehead atoms. The van der Waals surface area contributed by atoms with Crippen LogP contribution < -0.4 is 5.32 Å². The van der Waals surface area contributed by atoms with Crippen molar-refractivity contribution in [2.75, 3.05) is 5.88 Å². The predicted octanol–water partition coefficient (Wildman–Crippen LogP) is 1.28. The Morgan fingerprint density at radius 2 is 2.10 bits per heavy atom. The van der Waals surface area contributed by atoms with Crippen molar-refractivity contribution in [3.63, 3.8) is 0 Å². The lowest BCUT2D eigenvalue weighted by molar-refractivity contribution is -0.119. The molecule has 10 heavy (non-hydrogen) atoms. The maximum atomic E-state index is 10.7. The summed E-state index contributed by atoms with van der Waals surface area (Å²) >= 11 is 5.32. The first-order valence-electron chi connectivity index (χ1n) is 3.68. The van der Waals surface area contributed by atoms with Crippen LogP contribution in [0, 0.1) is 0 Å². The summed E-state index contributed by atoms with van der Waals surface area (Å²) in [5.41, 5.74) is 0. The van der Waals surface area contributed by atoms with Crippen LogP contribution in [0.15, 0.2) is 0 Å². The van der Waals surface area contributed by atoms with E-state index in [2.05, 4.69) is 5.32 Å². The molecular weight excluding hydrogens is 150 g/mol. The van der Waals surface area contributed by atoms with E-state index in [1.54, 1.807) is 0 Å². The van der Waals surface area contributed by atoms with Crippen molar-refractivity contribution in [2.45, 2.75) is 31.7 Å². The van der Waals surface area contributed by atoms with Gasteiger partial charge in [-0.15, -0.1) is 11.6 Å². The number of nitrogens with one attached hydrogen (secondary N) is 1. The lowest BCUT2D eigenvalue weighted by Crippen LogP contribution is -2.33. The molecule has 1 aliphatic carbocycles. The number of hydrogen-bond donors (Lipinski definition) is 1. The zero-order chi connectivity index (χ0) is 7.40. The standard InChI is InChI=1S/C7H12ClNO/c8-5-7(10)9-6-3-1-2-4-6/h6H,1-5H2,(H,9,10). The van der Waals surface area contributed by atoms with Crippen LogP contribution in [0.3, 0.4) is 0 Å². The molecule has 2 nitrogen and oxygen atoms in total. The Labute approximate surface area is 65.9 Å². The minimum absolute atomic E-state index is 0.0337. The first-order chi connectivity index (χ1) is 4.83. The first-order valence-corrected chi connectivity index (χ1v) is 4.21. The quantitative estimate of drug-likeness (QED) is 0.608. The highest BCUT2D eigenvalue weighted by Crippen LogP contribution is 2.17. The van der Waals surface area contributed by atoms with Crippen molar-refractivity contribution in [1.82, 2.24) is 5.32 Å². The smallest absolute Gasteiger partial charge is 0.235 e. The van der Waals surface area contributed by atoms with Crippen LogP contribution in [0.25, 0.3) is 0 Å². The van der Waals surface area contributed by atoms with Gasteiger partial charge in [0.25, 0.3) is 0 Å². The van der Waals surface area contributed by atoms with Crippen LogP contribution >= 0.6 is 11.6 Å². The topological polar surface area (TPSA) is 29.1 Å². The predicted molar refractivity (Wildman–Crippen MR) is 41.1 cm³/mol. The van der Waals surface area contributed by atoms with Crippen LogP contribution in [-0.2, 0) is 4.79 Å². The molecule has 0 aromatic heterocycles. The van der Waals surface area contributed by atoms with Gasteiger partial charge in [0.1, 0.15) is 5.88 Å². The van der Waals surface area contributed by atoms with Crippen molar-refractivity contribution >= 4 is 17.5 Å². The van der Waals surface area contributed by atoms with E-state index in [1.165, 1.54) is 12.8 Å². The molecule has 1 fully saturated rings. The summed E-state index contributed by atoms with van der Waals surface area (Å²) in [5.74, 6) is 0.0600. The Kier molecular flexibility index (Phi) is 3.00. The molecule has 1 N–H and O–H groups in total. The Balaban J connectivity index is 2.17. The zero-order valence-electron chi connectivity index (χ0n) is 5.90. The second-order valence-corrected chi connectivity index (χ2v) is 2.95. The maximum Gasteiger partial charge on any atom is 0.235 e. The molecule has 1 rings (SSSR count). The van der Waals surface area contributed by atoms with Gasteiger partial charge in [0.15, 0.2) is 0 Å². The fourth-order valence-corrected chi connectivity index (χ4v) is 1.41. The van der Waals surface area contributed by atoms with Gasteiger partial charge in [-0.05, 0) is 12.8 Å². The zero-order valence-corrected chi connectivity index (χ0v) is 6.66. The molecule has 0 unspecified atom stereocenters. The summed E-state index contributed by atoms with van der Waals surface area (Å²) in [6, 6.07) is 0.409. The molecule has 0 aliphatic heterocycles. The number of carbonyl (C=O) groups is 1. The normalized spacial score (nSPS) is 19.3. The van der Waals surface area contributed by atoms with E-state index in [1.807, 2.05) is 0 Å². The SMILES string of the molecule is O=C(CCl)NC1CCCC1. The average Bonchev–Trinajstić information content (AvgIpc) is 2.40. The number of alkyl halides is 1. The van der Waals surface area contributed by atoms with Crippen LogP contribution in [0.4, 0.5) is 0 Å². The van der Waals surface area contributed by atoms with E-state index in [4.69, 9.17) is 11.6 Å². The third-order valence-corrected chi connectivity index (χ3v) is 2.08. The van der Waals surface area contributed by atoms with Gasteiger partial charge < -0.3 is 5.32 Å². The number of amides is 1.